The second-order valence-electron chi connectivity index (χ2n) is 7.26. The van der Waals surface area contributed by atoms with Gasteiger partial charge in [-0.2, -0.15) is 0 Å². The lowest BCUT2D eigenvalue weighted by Crippen LogP contribution is -2.28. The first-order chi connectivity index (χ1) is 14.7. The molecule has 2 aromatic carbocycles. The van der Waals surface area contributed by atoms with Gasteiger partial charge >= 0.3 is 5.97 Å². The zero-order chi connectivity index (χ0) is 22.4. The molecule has 0 aliphatic carbocycles. The van der Waals surface area contributed by atoms with E-state index >= 15 is 4.39 Å². The molecule has 1 aromatic heterocycles. The third kappa shape index (κ3) is 3.31. The number of carboxylic acid groups (broad SMARTS) is 1. The van der Waals surface area contributed by atoms with E-state index in [0.717, 1.165) is 29.0 Å². The summed E-state index contributed by atoms with van der Waals surface area (Å²) in [5.74, 6) is -1.90. The van der Waals surface area contributed by atoms with Crippen LogP contribution in [-0.4, -0.2) is 34.8 Å². The number of hydrogen-bond donors (Lipinski definition) is 2. The molecule has 1 saturated heterocycles. The molecule has 3 N–H and O–H groups in total. The fraction of sp³-hybridized carbons (Fsp3) is 0.182. The summed E-state index contributed by atoms with van der Waals surface area (Å²) >= 11 is 0. The molecule has 0 radical (unpaired) electrons. The molecule has 3 aromatic rings. The van der Waals surface area contributed by atoms with Crippen molar-refractivity contribution in [2.75, 3.05) is 18.0 Å². The first kappa shape index (κ1) is 20.5. The minimum Gasteiger partial charge on any atom is -0.477 e. The van der Waals surface area contributed by atoms with Crippen LogP contribution in [0.15, 0.2) is 35.3 Å². The first-order valence-corrected chi connectivity index (χ1v) is 9.30. The van der Waals surface area contributed by atoms with E-state index in [0.29, 0.717) is 25.6 Å². The van der Waals surface area contributed by atoms with Crippen molar-refractivity contribution in [2.45, 2.75) is 12.5 Å². The molecule has 9 heteroatoms. The van der Waals surface area contributed by atoms with Crippen LogP contribution in [0, 0.1) is 29.8 Å². The van der Waals surface area contributed by atoms with Gasteiger partial charge in [-0.3, -0.25) is 4.79 Å². The molecule has 2 heterocycles. The Labute approximate surface area is 174 Å². The molecular formula is C22H16F3N3O3. The predicted octanol–water partition coefficient (Wildman–Crippen LogP) is 2.62. The second-order valence-corrected chi connectivity index (χ2v) is 7.26. The zero-order valence-corrected chi connectivity index (χ0v) is 16.0. The Bertz CT molecular complexity index is 1340. The molecule has 0 spiro atoms. The monoisotopic (exact) mass is 427 g/mol. The van der Waals surface area contributed by atoms with Gasteiger partial charge in [-0.25, -0.2) is 18.0 Å². The Morgan fingerprint density at radius 1 is 1.23 bits per heavy atom. The number of aromatic carboxylic acids is 1. The number of terminal acetylenes is 1. The summed E-state index contributed by atoms with van der Waals surface area (Å²) in [4.78, 5) is 26.0. The van der Waals surface area contributed by atoms with Gasteiger partial charge < -0.3 is 20.3 Å². The van der Waals surface area contributed by atoms with Gasteiger partial charge in [-0.1, -0.05) is 5.92 Å². The summed E-state index contributed by atoms with van der Waals surface area (Å²) in [7, 11) is 0. The topological polar surface area (TPSA) is 88.6 Å². The smallest absolute Gasteiger partial charge is 0.341 e. The highest BCUT2D eigenvalue weighted by Crippen LogP contribution is 2.34. The van der Waals surface area contributed by atoms with Crippen LogP contribution in [0.1, 0.15) is 22.3 Å². The normalized spacial score (nSPS) is 16.0. The van der Waals surface area contributed by atoms with Crippen molar-refractivity contribution < 1.29 is 23.1 Å². The lowest BCUT2D eigenvalue weighted by molar-refractivity contribution is 0.0695. The van der Waals surface area contributed by atoms with Gasteiger partial charge in [-0.05, 0) is 24.6 Å². The second kappa shape index (κ2) is 7.49. The van der Waals surface area contributed by atoms with Gasteiger partial charge in [0.25, 0.3) is 0 Å². The van der Waals surface area contributed by atoms with Crippen LogP contribution >= 0.6 is 0 Å². The Kier molecular flexibility index (Phi) is 4.95. The maximum absolute atomic E-state index is 15.1. The summed E-state index contributed by atoms with van der Waals surface area (Å²) in [5.41, 5.74) is 3.90. The third-order valence-electron chi connectivity index (χ3n) is 5.30. The van der Waals surface area contributed by atoms with Crippen molar-refractivity contribution in [2.24, 2.45) is 5.73 Å². The number of carboxylic acids is 1. The van der Waals surface area contributed by atoms with Gasteiger partial charge in [0.05, 0.1) is 27.8 Å². The van der Waals surface area contributed by atoms with Crippen LogP contribution < -0.4 is 16.1 Å². The van der Waals surface area contributed by atoms with E-state index in [9.17, 15) is 23.5 Å². The highest BCUT2D eigenvalue weighted by atomic mass is 19.1. The number of nitrogens with two attached hydrogens (primary N) is 1. The van der Waals surface area contributed by atoms with Crippen molar-refractivity contribution >= 4 is 22.6 Å². The third-order valence-corrected chi connectivity index (χ3v) is 5.30. The van der Waals surface area contributed by atoms with E-state index in [2.05, 4.69) is 5.92 Å². The molecule has 1 aliphatic heterocycles. The zero-order valence-electron chi connectivity index (χ0n) is 16.0. The van der Waals surface area contributed by atoms with E-state index in [1.54, 1.807) is 4.90 Å². The predicted molar refractivity (Wildman–Crippen MR) is 109 cm³/mol. The molecule has 0 amide bonds. The van der Waals surface area contributed by atoms with Gasteiger partial charge in [0.1, 0.15) is 23.0 Å². The number of pyridine rings is 1. The average Bonchev–Trinajstić information content (AvgIpc) is 3.13. The Morgan fingerprint density at radius 3 is 2.55 bits per heavy atom. The Morgan fingerprint density at radius 2 is 1.97 bits per heavy atom. The quantitative estimate of drug-likeness (QED) is 0.628. The van der Waals surface area contributed by atoms with Crippen molar-refractivity contribution in [1.29, 1.82) is 0 Å². The summed E-state index contributed by atoms with van der Waals surface area (Å²) in [5, 5.41) is 9.11. The number of benzene rings is 2. The number of fused-ring (bicyclic) bond motifs is 1. The minimum absolute atomic E-state index is 0.0155. The number of hydrogen-bond acceptors (Lipinski definition) is 4. The van der Waals surface area contributed by atoms with Crippen LogP contribution in [0.25, 0.3) is 16.6 Å². The highest BCUT2D eigenvalue weighted by molar-refractivity contribution is 5.97. The number of nitrogens with zero attached hydrogens (tertiary/aromatic N) is 2. The van der Waals surface area contributed by atoms with E-state index in [-0.39, 0.29) is 33.9 Å². The molecule has 0 saturated carbocycles. The average molecular weight is 427 g/mol. The SMILES string of the molecule is C#Cc1c(N2CCC(N)C2)c(F)cc2c(=O)c(C(=O)O)cn(-c3ccc(F)cc3F)c12. The van der Waals surface area contributed by atoms with Crippen LogP contribution in [0.2, 0.25) is 0 Å². The maximum atomic E-state index is 15.1. The lowest BCUT2D eigenvalue weighted by Gasteiger charge is -2.23. The van der Waals surface area contributed by atoms with Gasteiger partial charge in [0.15, 0.2) is 0 Å². The fourth-order valence-electron chi connectivity index (χ4n) is 3.91. The molecule has 1 unspecified atom stereocenters. The molecule has 1 fully saturated rings. The fourth-order valence-corrected chi connectivity index (χ4v) is 3.91. The summed E-state index contributed by atoms with van der Waals surface area (Å²) < 4.78 is 44.3. The summed E-state index contributed by atoms with van der Waals surface area (Å²) in [6.07, 6.45) is 7.19. The molecule has 31 heavy (non-hydrogen) atoms. The summed E-state index contributed by atoms with van der Waals surface area (Å²) in [6.45, 7) is 0.736. The van der Waals surface area contributed by atoms with Crippen molar-refractivity contribution in [3.8, 4) is 18.0 Å². The van der Waals surface area contributed by atoms with Crippen LogP contribution in [0.5, 0.6) is 0 Å². The molecule has 158 valence electrons. The van der Waals surface area contributed by atoms with Gasteiger partial charge in [-0.15, -0.1) is 6.42 Å². The van der Waals surface area contributed by atoms with Crippen LogP contribution in [0.4, 0.5) is 18.9 Å². The van der Waals surface area contributed by atoms with E-state index in [1.165, 1.54) is 0 Å². The first-order valence-electron chi connectivity index (χ1n) is 9.30. The summed E-state index contributed by atoms with van der Waals surface area (Å²) in [6, 6.07) is 3.35. The van der Waals surface area contributed by atoms with Crippen LogP contribution in [-0.2, 0) is 0 Å². The number of halogens is 3. The lowest BCUT2D eigenvalue weighted by atomic mass is 10.0. The van der Waals surface area contributed by atoms with Crippen LogP contribution in [0.3, 0.4) is 0 Å². The molecular weight excluding hydrogens is 411 g/mol. The highest BCUT2D eigenvalue weighted by Gasteiger charge is 2.28. The Hall–Kier alpha value is -3.77. The Balaban J connectivity index is 2.17. The molecule has 4 rings (SSSR count). The minimum atomic E-state index is -1.58. The van der Waals surface area contributed by atoms with E-state index in [1.807, 2.05) is 0 Å². The molecule has 6 nitrogen and oxygen atoms in total. The van der Waals surface area contributed by atoms with Crippen molar-refractivity contribution in [3.63, 3.8) is 0 Å². The molecule has 1 atom stereocenters. The molecule has 1 aliphatic rings. The van der Waals surface area contributed by atoms with Crippen molar-refractivity contribution in [1.82, 2.24) is 4.57 Å². The van der Waals surface area contributed by atoms with Crippen molar-refractivity contribution in [3.05, 3.63) is 69.3 Å². The number of anilines is 1. The number of carbonyl (C=O) groups is 1. The van der Waals surface area contributed by atoms with E-state index < -0.39 is 34.4 Å². The molecule has 0 bridgehead atoms. The number of aromatic nitrogens is 1. The standard InChI is InChI=1S/C22H16F3N3O3/c1-2-13-19-14(8-17(25)20(13)27-6-5-12(26)9-27)21(29)15(22(30)31)10-28(19)18-4-3-11(23)7-16(18)24/h1,3-4,7-8,10,12H,5-6,9,26H2,(H,30,31). The van der Waals surface area contributed by atoms with E-state index in [4.69, 9.17) is 12.2 Å². The maximum Gasteiger partial charge on any atom is 0.341 e. The van der Waals surface area contributed by atoms with Gasteiger partial charge in [0.2, 0.25) is 5.43 Å². The number of rotatable bonds is 3. The van der Waals surface area contributed by atoms with Gasteiger partial charge in [0, 0.05) is 31.4 Å². The largest absolute Gasteiger partial charge is 0.477 e.